The minimum Gasteiger partial charge on any atom is -0.309 e. The molecule has 3 nitrogen and oxygen atoms in total. The van der Waals surface area contributed by atoms with Gasteiger partial charge in [-0.15, -0.1) is 11.6 Å². The Labute approximate surface area is 122 Å². The van der Waals surface area contributed by atoms with Crippen LogP contribution in [-0.4, -0.2) is 31.9 Å². The molecule has 5 heteroatoms. The molecule has 1 aliphatic rings. The molecule has 1 aliphatic heterocycles. The second-order valence-electron chi connectivity index (χ2n) is 4.98. The highest BCUT2D eigenvalue weighted by molar-refractivity contribution is 7.99. The third-order valence-corrected chi connectivity index (χ3v) is 4.86. The normalized spacial score (nSPS) is 17.2. The largest absolute Gasteiger partial charge is 0.309 e. The monoisotopic (exact) mass is 295 g/mol. The Kier molecular flexibility index (Phi) is 3.99. The first-order chi connectivity index (χ1) is 9.29. The lowest BCUT2D eigenvalue weighted by Gasteiger charge is -2.24. The molecule has 0 N–H and O–H groups in total. The van der Waals surface area contributed by atoms with Gasteiger partial charge < -0.3 is 4.57 Å². The minimum absolute atomic E-state index is 0.541. The molecule has 0 unspecified atom stereocenters. The zero-order valence-electron chi connectivity index (χ0n) is 11.1. The summed E-state index contributed by atoms with van der Waals surface area (Å²) in [7, 11) is 0. The van der Waals surface area contributed by atoms with Gasteiger partial charge in [0.1, 0.15) is 11.3 Å². The number of rotatable bonds is 3. The summed E-state index contributed by atoms with van der Waals surface area (Å²) >= 11 is 7.97. The lowest BCUT2D eigenvalue weighted by atomic mass is 10.1. The van der Waals surface area contributed by atoms with E-state index in [2.05, 4.69) is 10.6 Å². The van der Waals surface area contributed by atoms with Crippen molar-refractivity contribution in [3.05, 3.63) is 23.7 Å². The number of alkyl halides is 1. The topological polar surface area (TPSA) is 30.7 Å². The molecule has 0 amide bonds. The number of pyridine rings is 1. The summed E-state index contributed by atoms with van der Waals surface area (Å²) in [5, 5.41) is 0. The number of thioether (sulfide) groups is 1. The predicted molar refractivity (Wildman–Crippen MR) is 82.3 cm³/mol. The number of nitrogens with zero attached hydrogens (tertiary/aromatic N) is 3. The molecule has 0 radical (unpaired) electrons. The van der Waals surface area contributed by atoms with Crippen LogP contribution < -0.4 is 0 Å². The highest BCUT2D eigenvalue weighted by Gasteiger charge is 2.22. The molecule has 1 saturated heterocycles. The van der Waals surface area contributed by atoms with Gasteiger partial charge in [-0.1, -0.05) is 0 Å². The maximum atomic E-state index is 5.93. The fourth-order valence-corrected chi connectivity index (χ4v) is 3.95. The third-order valence-electron chi connectivity index (χ3n) is 3.62. The Morgan fingerprint density at radius 1 is 1.32 bits per heavy atom. The van der Waals surface area contributed by atoms with Crippen LogP contribution >= 0.6 is 23.4 Å². The van der Waals surface area contributed by atoms with E-state index in [1.807, 2.05) is 24.8 Å². The first-order valence-corrected chi connectivity index (χ1v) is 8.46. The van der Waals surface area contributed by atoms with Crippen molar-refractivity contribution < 1.29 is 0 Å². The first kappa shape index (κ1) is 13.3. The molecule has 2 aromatic heterocycles. The van der Waals surface area contributed by atoms with E-state index in [1.54, 1.807) is 0 Å². The number of hydrogen-bond acceptors (Lipinski definition) is 3. The van der Waals surface area contributed by atoms with E-state index in [0.29, 0.717) is 11.9 Å². The lowest BCUT2D eigenvalue weighted by molar-refractivity contribution is 0.464. The van der Waals surface area contributed by atoms with E-state index in [-0.39, 0.29) is 0 Å². The molecule has 102 valence electrons. The average molecular weight is 296 g/mol. The summed E-state index contributed by atoms with van der Waals surface area (Å²) in [6.07, 6.45) is 3.24. The van der Waals surface area contributed by atoms with E-state index in [1.165, 1.54) is 24.3 Å². The SMILES string of the molecule is Cc1ccc2nc(CCCl)n(C3CCSCC3)c2n1. The molecule has 0 aromatic carbocycles. The molecule has 0 bridgehead atoms. The zero-order valence-corrected chi connectivity index (χ0v) is 12.7. The van der Waals surface area contributed by atoms with Gasteiger partial charge in [-0.05, 0) is 43.4 Å². The molecular formula is C14H18ClN3S. The van der Waals surface area contributed by atoms with Gasteiger partial charge in [0.25, 0.3) is 0 Å². The van der Waals surface area contributed by atoms with Gasteiger partial charge in [-0.3, -0.25) is 0 Å². The van der Waals surface area contributed by atoms with Gasteiger partial charge in [-0.25, -0.2) is 9.97 Å². The second kappa shape index (κ2) is 5.71. The van der Waals surface area contributed by atoms with E-state index in [0.717, 1.165) is 29.1 Å². The van der Waals surface area contributed by atoms with Crippen LogP contribution in [-0.2, 0) is 6.42 Å². The van der Waals surface area contributed by atoms with Crippen LogP contribution in [0.4, 0.5) is 0 Å². The molecule has 0 saturated carbocycles. The highest BCUT2D eigenvalue weighted by Crippen LogP contribution is 2.31. The second-order valence-corrected chi connectivity index (χ2v) is 6.58. The molecule has 3 heterocycles. The van der Waals surface area contributed by atoms with Gasteiger partial charge in [-0.2, -0.15) is 11.8 Å². The van der Waals surface area contributed by atoms with E-state index in [9.17, 15) is 0 Å². The van der Waals surface area contributed by atoms with Crippen LogP contribution in [0.15, 0.2) is 12.1 Å². The lowest BCUT2D eigenvalue weighted by Crippen LogP contribution is -2.18. The van der Waals surface area contributed by atoms with Crippen LogP contribution in [0, 0.1) is 6.92 Å². The Hall–Kier alpha value is -0.740. The van der Waals surface area contributed by atoms with Crippen LogP contribution in [0.1, 0.15) is 30.4 Å². The molecule has 1 fully saturated rings. The van der Waals surface area contributed by atoms with Crippen LogP contribution in [0.25, 0.3) is 11.2 Å². The number of halogens is 1. The number of hydrogen-bond donors (Lipinski definition) is 0. The van der Waals surface area contributed by atoms with Crippen molar-refractivity contribution in [2.75, 3.05) is 17.4 Å². The Bertz CT molecular complexity index is 575. The molecule has 2 aromatic rings. The smallest absolute Gasteiger partial charge is 0.160 e. The summed E-state index contributed by atoms with van der Waals surface area (Å²) in [5.74, 6) is 4.18. The fourth-order valence-electron chi connectivity index (χ4n) is 2.70. The first-order valence-electron chi connectivity index (χ1n) is 6.78. The van der Waals surface area contributed by atoms with Gasteiger partial charge in [0, 0.05) is 24.0 Å². The molecule has 0 aliphatic carbocycles. The van der Waals surface area contributed by atoms with Crippen LogP contribution in [0.3, 0.4) is 0 Å². The highest BCUT2D eigenvalue weighted by atomic mass is 35.5. The summed E-state index contributed by atoms with van der Waals surface area (Å²) in [4.78, 5) is 9.43. The summed E-state index contributed by atoms with van der Waals surface area (Å²) < 4.78 is 2.35. The maximum Gasteiger partial charge on any atom is 0.160 e. The summed E-state index contributed by atoms with van der Waals surface area (Å²) in [5.41, 5.74) is 3.09. The molecule has 3 rings (SSSR count). The Morgan fingerprint density at radius 2 is 2.11 bits per heavy atom. The van der Waals surface area contributed by atoms with Crippen molar-refractivity contribution in [2.45, 2.75) is 32.2 Å². The number of imidazole rings is 1. The molecule has 0 atom stereocenters. The Morgan fingerprint density at radius 3 is 2.84 bits per heavy atom. The minimum atomic E-state index is 0.541. The van der Waals surface area contributed by atoms with Crippen molar-refractivity contribution in [1.29, 1.82) is 0 Å². The summed E-state index contributed by atoms with van der Waals surface area (Å²) in [6, 6.07) is 4.64. The fraction of sp³-hybridized carbons (Fsp3) is 0.571. The zero-order chi connectivity index (χ0) is 13.2. The van der Waals surface area contributed by atoms with Gasteiger partial charge in [0.05, 0.1) is 0 Å². The van der Waals surface area contributed by atoms with E-state index in [4.69, 9.17) is 21.6 Å². The van der Waals surface area contributed by atoms with Gasteiger partial charge >= 0.3 is 0 Å². The molecule has 19 heavy (non-hydrogen) atoms. The van der Waals surface area contributed by atoms with Crippen molar-refractivity contribution in [3.63, 3.8) is 0 Å². The van der Waals surface area contributed by atoms with Crippen molar-refractivity contribution in [3.8, 4) is 0 Å². The standard InChI is InChI=1S/C14H18ClN3S/c1-10-2-3-12-14(16-10)18(13(17-12)4-7-15)11-5-8-19-9-6-11/h2-3,11H,4-9H2,1H3. The van der Waals surface area contributed by atoms with E-state index < -0.39 is 0 Å². The molecular weight excluding hydrogens is 278 g/mol. The maximum absolute atomic E-state index is 5.93. The Balaban J connectivity index is 2.11. The average Bonchev–Trinajstić information content (AvgIpc) is 2.77. The van der Waals surface area contributed by atoms with Crippen LogP contribution in [0.2, 0.25) is 0 Å². The quantitative estimate of drug-likeness (QED) is 0.811. The van der Waals surface area contributed by atoms with Crippen molar-refractivity contribution in [2.24, 2.45) is 0 Å². The van der Waals surface area contributed by atoms with Crippen LogP contribution in [0.5, 0.6) is 0 Å². The van der Waals surface area contributed by atoms with Gasteiger partial charge in [0.15, 0.2) is 5.65 Å². The van der Waals surface area contributed by atoms with E-state index >= 15 is 0 Å². The van der Waals surface area contributed by atoms with Crippen molar-refractivity contribution >= 4 is 34.5 Å². The van der Waals surface area contributed by atoms with Gasteiger partial charge in [0.2, 0.25) is 0 Å². The number of aryl methyl sites for hydroxylation is 2. The predicted octanol–water partition coefficient (Wildman–Crippen LogP) is 3.59. The number of fused-ring (bicyclic) bond motifs is 1. The van der Waals surface area contributed by atoms with Crippen molar-refractivity contribution in [1.82, 2.24) is 14.5 Å². The number of aromatic nitrogens is 3. The molecule has 0 spiro atoms. The summed E-state index contributed by atoms with van der Waals surface area (Å²) in [6.45, 7) is 2.04. The third kappa shape index (κ3) is 2.61.